The summed E-state index contributed by atoms with van der Waals surface area (Å²) in [6, 6.07) is 15.1. The minimum absolute atomic E-state index is 0.315. The zero-order chi connectivity index (χ0) is 15.2. The number of rotatable bonds is 6. The molecule has 0 fully saturated rings. The summed E-state index contributed by atoms with van der Waals surface area (Å²) in [5, 5.41) is 3.59. The lowest BCUT2D eigenvalue weighted by molar-refractivity contribution is 0.414. The van der Waals surface area contributed by atoms with Crippen LogP contribution in [0.4, 0.5) is 0 Å². The first kappa shape index (κ1) is 16.1. The summed E-state index contributed by atoms with van der Waals surface area (Å²) in [4.78, 5) is 0. The number of likely N-dealkylation sites (N-methyl/N-ethyl adjacent to an activating group) is 1. The highest BCUT2D eigenvalue weighted by atomic mass is 79.9. The molecular formula is C18H22BrNO. The molecule has 0 aliphatic carbocycles. The lowest BCUT2D eigenvalue weighted by Gasteiger charge is -2.21. The van der Waals surface area contributed by atoms with Crippen LogP contribution < -0.4 is 10.1 Å². The van der Waals surface area contributed by atoms with Crippen LogP contribution in [0, 0.1) is 6.92 Å². The summed E-state index contributed by atoms with van der Waals surface area (Å²) in [6.07, 6.45) is 0.973. The van der Waals surface area contributed by atoms with Gasteiger partial charge in [0.05, 0.1) is 7.11 Å². The molecule has 0 saturated carbocycles. The zero-order valence-corrected chi connectivity index (χ0v) is 14.4. The minimum Gasteiger partial charge on any atom is -0.497 e. The number of benzene rings is 2. The normalized spacial score (nSPS) is 12.2. The van der Waals surface area contributed by atoms with E-state index < -0.39 is 0 Å². The molecule has 1 atom stereocenters. The van der Waals surface area contributed by atoms with E-state index in [9.17, 15) is 0 Å². The van der Waals surface area contributed by atoms with Crippen LogP contribution in [0.5, 0.6) is 5.75 Å². The van der Waals surface area contributed by atoms with Crippen LogP contribution in [0.3, 0.4) is 0 Å². The summed E-state index contributed by atoms with van der Waals surface area (Å²) in [5.41, 5.74) is 3.92. The number of hydrogen-bond acceptors (Lipinski definition) is 2. The van der Waals surface area contributed by atoms with Crippen molar-refractivity contribution in [2.45, 2.75) is 26.3 Å². The van der Waals surface area contributed by atoms with Crippen molar-refractivity contribution in [3.8, 4) is 5.75 Å². The Kier molecular flexibility index (Phi) is 5.83. The molecule has 2 aromatic carbocycles. The molecule has 0 aromatic heterocycles. The predicted octanol–water partition coefficient (Wildman–Crippen LogP) is 4.66. The maximum absolute atomic E-state index is 5.30. The van der Waals surface area contributed by atoms with Crippen LogP contribution in [-0.4, -0.2) is 13.7 Å². The Morgan fingerprint density at radius 3 is 2.62 bits per heavy atom. The highest BCUT2D eigenvalue weighted by Crippen LogP contribution is 2.26. The van der Waals surface area contributed by atoms with Gasteiger partial charge in [0.1, 0.15) is 5.75 Å². The number of hydrogen-bond donors (Lipinski definition) is 1. The number of aryl methyl sites for hydroxylation is 1. The molecule has 0 aliphatic heterocycles. The maximum Gasteiger partial charge on any atom is 0.119 e. The second-order valence-corrected chi connectivity index (χ2v) is 6.08. The summed E-state index contributed by atoms with van der Waals surface area (Å²) >= 11 is 3.54. The number of methoxy groups -OCH3 is 1. The van der Waals surface area contributed by atoms with E-state index in [1.807, 2.05) is 6.07 Å². The number of nitrogens with one attached hydrogen (secondary N) is 1. The largest absolute Gasteiger partial charge is 0.497 e. The third kappa shape index (κ3) is 4.32. The molecule has 21 heavy (non-hydrogen) atoms. The van der Waals surface area contributed by atoms with Gasteiger partial charge in [-0.05, 0) is 60.8 Å². The van der Waals surface area contributed by atoms with Gasteiger partial charge in [-0.25, -0.2) is 0 Å². The van der Waals surface area contributed by atoms with Crippen molar-refractivity contribution in [3.05, 3.63) is 63.6 Å². The number of halogens is 1. The Bertz CT molecular complexity index is 598. The van der Waals surface area contributed by atoms with Crippen molar-refractivity contribution in [1.82, 2.24) is 5.32 Å². The van der Waals surface area contributed by atoms with Gasteiger partial charge in [-0.3, -0.25) is 0 Å². The third-order valence-corrected chi connectivity index (χ3v) is 4.13. The van der Waals surface area contributed by atoms with E-state index in [1.165, 1.54) is 16.7 Å². The fourth-order valence-corrected chi connectivity index (χ4v) is 3.05. The maximum atomic E-state index is 5.30. The van der Waals surface area contributed by atoms with E-state index in [1.54, 1.807) is 7.11 Å². The van der Waals surface area contributed by atoms with Crippen molar-refractivity contribution >= 4 is 15.9 Å². The molecule has 0 aliphatic rings. The highest BCUT2D eigenvalue weighted by Gasteiger charge is 2.14. The fourth-order valence-electron chi connectivity index (χ4n) is 2.60. The van der Waals surface area contributed by atoms with Gasteiger partial charge in [-0.15, -0.1) is 0 Å². The Morgan fingerprint density at radius 2 is 2.00 bits per heavy atom. The summed E-state index contributed by atoms with van der Waals surface area (Å²) in [5.74, 6) is 0.911. The lowest BCUT2D eigenvalue weighted by atomic mass is 9.95. The second-order valence-electron chi connectivity index (χ2n) is 5.17. The summed E-state index contributed by atoms with van der Waals surface area (Å²) < 4.78 is 6.42. The molecule has 3 heteroatoms. The van der Waals surface area contributed by atoms with E-state index in [4.69, 9.17) is 4.74 Å². The van der Waals surface area contributed by atoms with Gasteiger partial charge in [-0.2, -0.15) is 0 Å². The van der Waals surface area contributed by atoms with Crippen molar-refractivity contribution < 1.29 is 4.74 Å². The molecule has 0 spiro atoms. The summed E-state index contributed by atoms with van der Waals surface area (Å²) in [6.45, 7) is 5.24. The summed E-state index contributed by atoms with van der Waals surface area (Å²) in [7, 11) is 1.71. The molecular weight excluding hydrogens is 326 g/mol. The lowest BCUT2D eigenvalue weighted by Crippen LogP contribution is -2.23. The molecule has 2 aromatic rings. The second kappa shape index (κ2) is 7.62. The highest BCUT2D eigenvalue weighted by molar-refractivity contribution is 9.10. The van der Waals surface area contributed by atoms with Gasteiger partial charge in [0.15, 0.2) is 0 Å². The molecule has 0 radical (unpaired) electrons. The van der Waals surface area contributed by atoms with Crippen LogP contribution in [0.2, 0.25) is 0 Å². The van der Waals surface area contributed by atoms with Gasteiger partial charge in [0, 0.05) is 10.5 Å². The Labute approximate surface area is 135 Å². The average molecular weight is 348 g/mol. The fraction of sp³-hybridized carbons (Fsp3) is 0.333. The van der Waals surface area contributed by atoms with Crippen LogP contribution in [0.15, 0.2) is 46.9 Å². The van der Waals surface area contributed by atoms with Crippen molar-refractivity contribution in [2.24, 2.45) is 0 Å². The first-order valence-electron chi connectivity index (χ1n) is 7.26. The van der Waals surface area contributed by atoms with Gasteiger partial charge in [0.2, 0.25) is 0 Å². The predicted molar refractivity (Wildman–Crippen MR) is 92.0 cm³/mol. The van der Waals surface area contributed by atoms with E-state index in [-0.39, 0.29) is 0 Å². The third-order valence-electron chi connectivity index (χ3n) is 3.63. The molecule has 0 saturated heterocycles. The Hall–Kier alpha value is -1.32. The van der Waals surface area contributed by atoms with E-state index >= 15 is 0 Å². The molecule has 0 heterocycles. The van der Waals surface area contributed by atoms with E-state index in [2.05, 4.69) is 71.5 Å². The molecule has 2 nitrogen and oxygen atoms in total. The number of ether oxygens (including phenoxy) is 1. The minimum atomic E-state index is 0.315. The topological polar surface area (TPSA) is 21.3 Å². The molecule has 112 valence electrons. The van der Waals surface area contributed by atoms with E-state index in [0.717, 1.165) is 23.2 Å². The van der Waals surface area contributed by atoms with Gasteiger partial charge < -0.3 is 10.1 Å². The first-order chi connectivity index (χ1) is 10.1. The van der Waals surface area contributed by atoms with Crippen LogP contribution in [-0.2, 0) is 6.42 Å². The Morgan fingerprint density at radius 1 is 1.19 bits per heavy atom. The quantitative estimate of drug-likeness (QED) is 0.820. The van der Waals surface area contributed by atoms with Crippen LogP contribution in [0.1, 0.15) is 29.7 Å². The smallest absolute Gasteiger partial charge is 0.119 e. The monoisotopic (exact) mass is 347 g/mol. The molecule has 2 rings (SSSR count). The van der Waals surface area contributed by atoms with Crippen molar-refractivity contribution in [1.29, 1.82) is 0 Å². The van der Waals surface area contributed by atoms with E-state index in [0.29, 0.717) is 6.04 Å². The van der Waals surface area contributed by atoms with Crippen LogP contribution >= 0.6 is 15.9 Å². The van der Waals surface area contributed by atoms with Crippen molar-refractivity contribution in [3.63, 3.8) is 0 Å². The van der Waals surface area contributed by atoms with Crippen molar-refractivity contribution in [2.75, 3.05) is 13.7 Å². The molecule has 0 amide bonds. The van der Waals surface area contributed by atoms with Gasteiger partial charge in [-0.1, -0.05) is 41.1 Å². The first-order valence-corrected chi connectivity index (χ1v) is 8.05. The SMILES string of the molecule is CCNC(Cc1cccc(Br)c1)c1ccc(OC)cc1C. The van der Waals surface area contributed by atoms with Gasteiger partial charge in [0.25, 0.3) is 0 Å². The molecule has 1 N–H and O–H groups in total. The van der Waals surface area contributed by atoms with Gasteiger partial charge >= 0.3 is 0 Å². The Balaban J connectivity index is 2.26. The molecule has 0 bridgehead atoms. The van der Waals surface area contributed by atoms with Crippen LogP contribution in [0.25, 0.3) is 0 Å². The standard InChI is InChI=1S/C18H22BrNO/c1-4-20-18(12-14-6-5-7-15(19)11-14)17-9-8-16(21-3)10-13(17)2/h5-11,18,20H,4,12H2,1-3H3. The zero-order valence-electron chi connectivity index (χ0n) is 12.8. The average Bonchev–Trinajstić information content (AvgIpc) is 2.47. The molecule has 1 unspecified atom stereocenters.